The van der Waals surface area contributed by atoms with Gasteiger partial charge in [0.1, 0.15) is 11.2 Å². The molecule has 1 heterocycles. The summed E-state index contributed by atoms with van der Waals surface area (Å²) in [6.07, 6.45) is 7.02. The highest BCUT2D eigenvalue weighted by Crippen LogP contribution is 2.37. The topological polar surface area (TPSA) is 77.1 Å². The molecule has 0 radical (unpaired) electrons. The van der Waals surface area contributed by atoms with Crippen molar-refractivity contribution in [3.05, 3.63) is 29.3 Å². The molecule has 39 heavy (non-hydrogen) atoms. The summed E-state index contributed by atoms with van der Waals surface area (Å²) in [5.41, 5.74) is 1.25. The Morgan fingerprint density at radius 3 is 2.00 bits per heavy atom. The van der Waals surface area contributed by atoms with Gasteiger partial charge in [0.05, 0.1) is 6.10 Å². The maximum absolute atomic E-state index is 13.4. The molecule has 7 nitrogen and oxygen atoms in total. The number of hydrogen-bond donors (Lipinski definition) is 1. The quantitative estimate of drug-likeness (QED) is 0.301. The van der Waals surface area contributed by atoms with Crippen molar-refractivity contribution in [2.24, 2.45) is 0 Å². The molecule has 1 saturated carbocycles. The Hall–Kier alpha value is -2.12. The van der Waals surface area contributed by atoms with Crippen LogP contribution in [0.3, 0.4) is 0 Å². The molecule has 1 aromatic carbocycles. The first-order chi connectivity index (χ1) is 18.1. The van der Waals surface area contributed by atoms with Crippen LogP contribution in [0.15, 0.2) is 18.2 Å². The lowest BCUT2D eigenvalue weighted by atomic mass is 9.79. The molecule has 1 aliphatic heterocycles. The molecule has 0 bridgehead atoms. The lowest BCUT2D eigenvalue weighted by Gasteiger charge is -2.48. The average molecular weight is 545 g/mol. The van der Waals surface area contributed by atoms with Crippen LogP contribution in [0.1, 0.15) is 111 Å². The minimum atomic E-state index is -1.16. The number of ether oxygens (including phenoxy) is 3. The summed E-state index contributed by atoms with van der Waals surface area (Å²) in [5.74, 6) is -2.34. The summed E-state index contributed by atoms with van der Waals surface area (Å²) in [6.45, 7) is 20.2. The highest BCUT2D eigenvalue weighted by molar-refractivity contribution is 6.02. The third-order valence-electron chi connectivity index (χ3n) is 7.83. The van der Waals surface area contributed by atoms with Gasteiger partial charge in [-0.05, 0) is 112 Å². The SMILES string of the molecule is CCO[C@H]1CC[C@](C)(N2CCC(Nc3cc(C)ccc3C(C(=O)OC(C)(C)C)C(=O)OC(C)(C)C)CC2)CC1. The van der Waals surface area contributed by atoms with Gasteiger partial charge >= 0.3 is 11.9 Å². The number of nitrogens with zero attached hydrogens (tertiary/aromatic N) is 1. The van der Waals surface area contributed by atoms with Crippen LogP contribution in [0.25, 0.3) is 0 Å². The number of carbonyl (C=O) groups excluding carboxylic acids is 2. The van der Waals surface area contributed by atoms with E-state index in [0.717, 1.165) is 56.6 Å². The third-order valence-corrected chi connectivity index (χ3v) is 7.83. The summed E-state index contributed by atoms with van der Waals surface area (Å²) in [4.78, 5) is 29.4. The molecule has 220 valence electrons. The molecular weight excluding hydrogens is 492 g/mol. The summed E-state index contributed by atoms with van der Waals surface area (Å²) >= 11 is 0. The van der Waals surface area contributed by atoms with Crippen LogP contribution in [0.4, 0.5) is 5.69 Å². The lowest BCUT2D eigenvalue weighted by molar-refractivity contribution is -0.169. The molecule has 0 aromatic heterocycles. The van der Waals surface area contributed by atoms with Crippen LogP contribution >= 0.6 is 0 Å². The molecule has 3 rings (SSSR count). The third kappa shape index (κ3) is 8.94. The van der Waals surface area contributed by atoms with E-state index in [9.17, 15) is 9.59 Å². The van der Waals surface area contributed by atoms with Crippen LogP contribution in [0.5, 0.6) is 0 Å². The zero-order chi connectivity index (χ0) is 29.0. The monoisotopic (exact) mass is 544 g/mol. The van der Waals surface area contributed by atoms with Gasteiger partial charge in [-0.15, -0.1) is 0 Å². The fourth-order valence-electron chi connectivity index (χ4n) is 5.83. The van der Waals surface area contributed by atoms with Crippen molar-refractivity contribution in [3.8, 4) is 0 Å². The normalized spacial score (nSPS) is 23.5. The van der Waals surface area contributed by atoms with E-state index in [2.05, 4.69) is 24.1 Å². The van der Waals surface area contributed by atoms with Crippen molar-refractivity contribution in [2.45, 2.75) is 136 Å². The van der Waals surface area contributed by atoms with Crippen LogP contribution in [0.2, 0.25) is 0 Å². The van der Waals surface area contributed by atoms with Crippen molar-refractivity contribution in [1.82, 2.24) is 4.90 Å². The molecule has 1 N–H and O–H groups in total. The molecule has 0 unspecified atom stereocenters. The largest absolute Gasteiger partial charge is 0.459 e. The number of piperidine rings is 1. The van der Waals surface area contributed by atoms with Gasteiger partial charge < -0.3 is 19.5 Å². The zero-order valence-electron chi connectivity index (χ0n) is 25.8. The fraction of sp³-hybridized carbons (Fsp3) is 0.750. The van der Waals surface area contributed by atoms with E-state index < -0.39 is 29.1 Å². The van der Waals surface area contributed by atoms with Crippen molar-refractivity contribution < 1.29 is 23.8 Å². The van der Waals surface area contributed by atoms with E-state index in [1.165, 1.54) is 12.8 Å². The number of anilines is 1. The number of rotatable bonds is 8. The van der Waals surface area contributed by atoms with Crippen LogP contribution in [0, 0.1) is 6.92 Å². The molecule has 0 amide bonds. The molecule has 1 saturated heterocycles. The average Bonchev–Trinajstić information content (AvgIpc) is 2.80. The highest BCUT2D eigenvalue weighted by atomic mass is 16.6. The maximum atomic E-state index is 13.4. The number of likely N-dealkylation sites (tertiary alicyclic amines) is 1. The molecule has 0 spiro atoms. The van der Waals surface area contributed by atoms with Crippen molar-refractivity contribution in [2.75, 3.05) is 25.0 Å². The number of nitrogens with one attached hydrogen (secondary N) is 1. The number of benzene rings is 1. The highest BCUT2D eigenvalue weighted by Gasteiger charge is 2.40. The van der Waals surface area contributed by atoms with Gasteiger partial charge in [-0.2, -0.15) is 0 Å². The van der Waals surface area contributed by atoms with Crippen molar-refractivity contribution in [1.29, 1.82) is 0 Å². The second-order valence-electron chi connectivity index (χ2n) is 13.6. The van der Waals surface area contributed by atoms with E-state index in [4.69, 9.17) is 14.2 Å². The molecule has 2 fully saturated rings. The first-order valence-electron chi connectivity index (χ1n) is 14.8. The smallest absolute Gasteiger partial charge is 0.325 e. The van der Waals surface area contributed by atoms with Gasteiger partial charge in [0.2, 0.25) is 0 Å². The maximum Gasteiger partial charge on any atom is 0.325 e. The first-order valence-corrected chi connectivity index (χ1v) is 14.8. The van der Waals surface area contributed by atoms with Crippen LogP contribution < -0.4 is 5.32 Å². The van der Waals surface area contributed by atoms with Crippen molar-refractivity contribution >= 4 is 17.6 Å². The van der Waals surface area contributed by atoms with Gasteiger partial charge in [-0.1, -0.05) is 12.1 Å². The molecule has 7 heteroatoms. The Morgan fingerprint density at radius 2 is 1.51 bits per heavy atom. The van der Waals surface area contributed by atoms with Crippen LogP contribution in [-0.2, 0) is 23.8 Å². The summed E-state index contributed by atoms with van der Waals surface area (Å²) in [6, 6.07) is 6.08. The molecule has 1 aromatic rings. The Labute approximate surface area is 236 Å². The standard InChI is InChI=1S/C32H52N2O5/c1-10-37-24-13-17-32(9,18-14-24)34-19-15-23(16-20-34)33-26-21-22(2)11-12-25(26)27(28(35)38-30(3,4)5)29(36)39-31(6,7)8/h11-12,21,23-24,27,33H,10,13-20H2,1-9H3/t24-,32-. The zero-order valence-corrected chi connectivity index (χ0v) is 25.8. The predicted molar refractivity (Wildman–Crippen MR) is 156 cm³/mol. The molecule has 1 aliphatic carbocycles. The molecule has 2 aliphatic rings. The second-order valence-corrected chi connectivity index (χ2v) is 13.6. The number of esters is 2. The number of aryl methyl sites for hydroxylation is 1. The molecular formula is C32H52N2O5. The Kier molecular flexibility index (Phi) is 10.1. The van der Waals surface area contributed by atoms with Gasteiger partial charge in [-0.25, -0.2) is 0 Å². The predicted octanol–water partition coefficient (Wildman–Crippen LogP) is 6.38. The minimum absolute atomic E-state index is 0.228. The first kappa shape index (κ1) is 31.4. The lowest BCUT2D eigenvalue weighted by Crippen LogP contribution is -2.54. The number of carbonyl (C=O) groups is 2. The van der Waals surface area contributed by atoms with E-state index in [1.807, 2.05) is 66.7 Å². The van der Waals surface area contributed by atoms with Gasteiger partial charge in [0.15, 0.2) is 5.92 Å². The summed E-state index contributed by atoms with van der Waals surface area (Å²) < 4.78 is 17.3. The van der Waals surface area contributed by atoms with Gasteiger partial charge in [0.25, 0.3) is 0 Å². The Morgan fingerprint density at radius 1 is 0.974 bits per heavy atom. The Balaban J connectivity index is 1.76. The van der Waals surface area contributed by atoms with Gasteiger partial charge in [-0.3, -0.25) is 14.5 Å². The van der Waals surface area contributed by atoms with E-state index >= 15 is 0 Å². The number of hydrogen-bond acceptors (Lipinski definition) is 7. The summed E-state index contributed by atoms with van der Waals surface area (Å²) in [5, 5.41) is 3.70. The fourth-order valence-corrected chi connectivity index (χ4v) is 5.83. The van der Waals surface area contributed by atoms with E-state index in [1.54, 1.807) is 0 Å². The second kappa shape index (κ2) is 12.6. The van der Waals surface area contributed by atoms with Crippen molar-refractivity contribution in [3.63, 3.8) is 0 Å². The van der Waals surface area contributed by atoms with E-state index in [-0.39, 0.29) is 11.6 Å². The van der Waals surface area contributed by atoms with Crippen LogP contribution in [-0.4, -0.2) is 65.4 Å². The summed E-state index contributed by atoms with van der Waals surface area (Å²) in [7, 11) is 0. The molecule has 0 atom stereocenters. The van der Waals surface area contributed by atoms with E-state index in [0.29, 0.717) is 11.7 Å². The minimum Gasteiger partial charge on any atom is -0.459 e. The van der Waals surface area contributed by atoms with Gasteiger partial charge in [0, 0.05) is 42.5 Å². The Bertz CT molecular complexity index is 949.